The van der Waals surface area contributed by atoms with Crippen molar-refractivity contribution in [2.45, 2.75) is 13.5 Å². The highest BCUT2D eigenvalue weighted by Crippen LogP contribution is 2.36. The summed E-state index contributed by atoms with van der Waals surface area (Å²) in [6.45, 7) is 2.12. The Bertz CT molecular complexity index is 1090. The van der Waals surface area contributed by atoms with E-state index >= 15 is 0 Å². The van der Waals surface area contributed by atoms with Crippen LogP contribution in [0.25, 0.3) is 11.0 Å². The molecule has 1 heterocycles. The van der Waals surface area contributed by atoms with Crippen LogP contribution in [-0.4, -0.2) is 19.7 Å². The Kier molecular flexibility index (Phi) is 6.26. The average molecular weight is 468 g/mol. The minimum atomic E-state index is -0.609. The van der Waals surface area contributed by atoms with Gasteiger partial charge < -0.3 is 18.6 Å². The van der Waals surface area contributed by atoms with Gasteiger partial charge in [0.25, 0.3) is 0 Å². The van der Waals surface area contributed by atoms with Crippen LogP contribution in [0.3, 0.4) is 0 Å². The molecule has 2 aromatic carbocycles. The molecule has 0 aliphatic heterocycles. The number of esters is 1. The quantitative estimate of drug-likeness (QED) is 0.376. The largest absolute Gasteiger partial charge is 0.493 e. The first-order valence-electron chi connectivity index (χ1n) is 8.32. The molecule has 6 nitrogen and oxygen atoms in total. The number of halogens is 2. The first kappa shape index (κ1) is 20.2. The lowest BCUT2D eigenvalue weighted by Crippen LogP contribution is -2.09. The van der Waals surface area contributed by atoms with Crippen LogP contribution < -0.4 is 15.1 Å². The number of fused-ring (bicyclic) bond motifs is 1. The molecule has 0 aliphatic rings. The van der Waals surface area contributed by atoms with E-state index < -0.39 is 11.6 Å². The Balaban J connectivity index is 1.86. The maximum atomic E-state index is 12.5. The topological polar surface area (TPSA) is 75.0 Å². The summed E-state index contributed by atoms with van der Waals surface area (Å²) in [6.07, 6.45) is 0. The summed E-state index contributed by atoms with van der Waals surface area (Å²) in [5, 5.41) is 0.918. The molecule has 0 bridgehead atoms. The molecular weight excluding hydrogens is 452 g/mol. The molecule has 3 aromatic rings. The van der Waals surface area contributed by atoms with Crippen molar-refractivity contribution in [3.05, 3.63) is 67.4 Å². The van der Waals surface area contributed by atoms with Crippen molar-refractivity contribution in [1.82, 2.24) is 0 Å². The number of hydrogen-bond acceptors (Lipinski definition) is 6. The van der Waals surface area contributed by atoms with Gasteiger partial charge in [0, 0.05) is 21.5 Å². The van der Waals surface area contributed by atoms with Gasteiger partial charge in [0.1, 0.15) is 12.2 Å². The Labute approximate surface area is 174 Å². The van der Waals surface area contributed by atoms with E-state index in [4.69, 9.17) is 30.2 Å². The molecular formula is C20H16BrClO6. The Morgan fingerprint density at radius 1 is 1.21 bits per heavy atom. The molecule has 0 spiro atoms. The van der Waals surface area contributed by atoms with E-state index in [0.29, 0.717) is 34.6 Å². The lowest BCUT2D eigenvalue weighted by atomic mass is 10.1. The van der Waals surface area contributed by atoms with Gasteiger partial charge in [-0.05, 0) is 37.3 Å². The van der Waals surface area contributed by atoms with E-state index in [1.54, 1.807) is 12.1 Å². The number of hydrogen-bond donors (Lipinski definition) is 0. The van der Waals surface area contributed by atoms with Crippen molar-refractivity contribution in [1.29, 1.82) is 0 Å². The zero-order valence-electron chi connectivity index (χ0n) is 15.1. The van der Waals surface area contributed by atoms with E-state index in [1.165, 1.54) is 25.3 Å². The van der Waals surface area contributed by atoms with Crippen molar-refractivity contribution in [2.24, 2.45) is 0 Å². The fraction of sp³-hybridized carbons (Fsp3) is 0.200. The molecule has 146 valence electrons. The van der Waals surface area contributed by atoms with Crippen LogP contribution in [0.5, 0.6) is 11.5 Å². The normalized spacial score (nSPS) is 10.7. The molecule has 0 unspecified atom stereocenters. The van der Waals surface area contributed by atoms with Crippen LogP contribution in [0.15, 0.2) is 50.1 Å². The Morgan fingerprint density at radius 3 is 2.71 bits per heavy atom. The van der Waals surface area contributed by atoms with Crippen LogP contribution in [0.1, 0.15) is 22.8 Å². The monoisotopic (exact) mass is 466 g/mol. The summed E-state index contributed by atoms with van der Waals surface area (Å²) in [6, 6.07) is 9.52. The SMILES string of the molecule is CCOc1c(Cl)cc(C(=O)OCc2cc(=O)oc3cc(Br)ccc23)cc1OC. The fourth-order valence-corrected chi connectivity index (χ4v) is 3.28. The fourth-order valence-electron chi connectivity index (χ4n) is 2.67. The van der Waals surface area contributed by atoms with E-state index in [2.05, 4.69) is 15.9 Å². The van der Waals surface area contributed by atoms with Crippen LogP contribution in [-0.2, 0) is 11.3 Å². The zero-order valence-corrected chi connectivity index (χ0v) is 17.4. The van der Waals surface area contributed by atoms with Crippen molar-refractivity contribution >= 4 is 44.5 Å². The third kappa shape index (κ3) is 4.31. The zero-order chi connectivity index (χ0) is 20.3. The third-order valence-corrected chi connectivity index (χ3v) is 4.68. The molecule has 28 heavy (non-hydrogen) atoms. The summed E-state index contributed by atoms with van der Waals surface area (Å²) in [4.78, 5) is 24.3. The van der Waals surface area contributed by atoms with Gasteiger partial charge in [-0.1, -0.05) is 27.5 Å². The lowest BCUT2D eigenvalue weighted by molar-refractivity contribution is 0.0473. The molecule has 3 rings (SSSR count). The van der Waals surface area contributed by atoms with E-state index in [-0.39, 0.29) is 17.2 Å². The van der Waals surface area contributed by atoms with Gasteiger partial charge in [-0.15, -0.1) is 0 Å². The summed E-state index contributed by atoms with van der Waals surface area (Å²) in [5.74, 6) is 0.0826. The summed E-state index contributed by atoms with van der Waals surface area (Å²) in [7, 11) is 1.46. The first-order valence-corrected chi connectivity index (χ1v) is 9.49. The van der Waals surface area contributed by atoms with E-state index in [1.807, 2.05) is 13.0 Å². The third-order valence-electron chi connectivity index (χ3n) is 3.90. The van der Waals surface area contributed by atoms with Gasteiger partial charge in [-0.2, -0.15) is 0 Å². The van der Waals surface area contributed by atoms with Gasteiger partial charge in [0.2, 0.25) is 0 Å². The molecule has 0 amide bonds. The van der Waals surface area contributed by atoms with Crippen molar-refractivity contribution in [3.8, 4) is 11.5 Å². The van der Waals surface area contributed by atoms with Gasteiger partial charge in [0.15, 0.2) is 11.5 Å². The molecule has 0 fully saturated rings. The first-order chi connectivity index (χ1) is 13.4. The number of rotatable bonds is 6. The van der Waals surface area contributed by atoms with Crippen LogP contribution in [0, 0.1) is 0 Å². The highest BCUT2D eigenvalue weighted by molar-refractivity contribution is 9.10. The van der Waals surface area contributed by atoms with Gasteiger partial charge in [0.05, 0.1) is 24.3 Å². The number of methoxy groups -OCH3 is 1. The van der Waals surface area contributed by atoms with E-state index in [0.717, 1.165) is 4.47 Å². The van der Waals surface area contributed by atoms with Crippen LogP contribution in [0.4, 0.5) is 0 Å². The van der Waals surface area contributed by atoms with Gasteiger partial charge in [-0.3, -0.25) is 0 Å². The maximum absolute atomic E-state index is 12.5. The maximum Gasteiger partial charge on any atom is 0.338 e. The van der Waals surface area contributed by atoms with Crippen LogP contribution in [0.2, 0.25) is 5.02 Å². The van der Waals surface area contributed by atoms with Gasteiger partial charge in [-0.25, -0.2) is 9.59 Å². The molecule has 0 atom stereocenters. The van der Waals surface area contributed by atoms with Gasteiger partial charge >= 0.3 is 11.6 Å². The average Bonchev–Trinajstić information content (AvgIpc) is 2.66. The molecule has 0 aliphatic carbocycles. The molecule has 1 aromatic heterocycles. The molecule has 8 heteroatoms. The molecule has 0 saturated carbocycles. The minimum absolute atomic E-state index is 0.101. The van der Waals surface area contributed by atoms with Crippen molar-refractivity contribution < 1.29 is 23.4 Å². The molecule has 0 radical (unpaired) electrons. The summed E-state index contributed by atoms with van der Waals surface area (Å²) in [5.41, 5.74) is 0.623. The second kappa shape index (κ2) is 8.67. The predicted octanol–water partition coefficient (Wildman–Crippen LogP) is 4.97. The number of ether oxygens (including phenoxy) is 3. The highest BCUT2D eigenvalue weighted by atomic mass is 79.9. The second-order valence-corrected chi connectivity index (χ2v) is 7.05. The standard InChI is InChI=1S/C20H16BrClO6/c1-3-26-19-15(22)6-11(7-17(19)25-2)20(24)27-10-12-8-18(23)28-16-9-13(21)4-5-14(12)16/h4-9H,3,10H2,1-2H3. The lowest BCUT2D eigenvalue weighted by Gasteiger charge is -2.13. The Hall–Kier alpha value is -2.51. The number of carbonyl (C=O) groups is 1. The number of benzene rings is 2. The summed E-state index contributed by atoms with van der Waals surface area (Å²) < 4.78 is 22.0. The summed E-state index contributed by atoms with van der Waals surface area (Å²) >= 11 is 9.53. The van der Waals surface area contributed by atoms with E-state index in [9.17, 15) is 9.59 Å². The second-order valence-electron chi connectivity index (χ2n) is 5.73. The minimum Gasteiger partial charge on any atom is -0.493 e. The smallest absolute Gasteiger partial charge is 0.338 e. The Morgan fingerprint density at radius 2 is 2.00 bits per heavy atom. The van der Waals surface area contributed by atoms with Crippen molar-refractivity contribution in [2.75, 3.05) is 13.7 Å². The van der Waals surface area contributed by atoms with Crippen LogP contribution >= 0.6 is 27.5 Å². The predicted molar refractivity (Wildman–Crippen MR) is 108 cm³/mol. The van der Waals surface area contributed by atoms with Crippen molar-refractivity contribution in [3.63, 3.8) is 0 Å². The highest BCUT2D eigenvalue weighted by Gasteiger charge is 2.17. The number of carbonyl (C=O) groups excluding carboxylic acids is 1. The molecule has 0 saturated heterocycles. The molecule has 0 N–H and O–H groups in total.